The van der Waals surface area contributed by atoms with Crippen molar-refractivity contribution in [3.63, 3.8) is 0 Å². The maximum absolute atomic E-state index is 13.4. The molecule has 0 unspecified atom stereocenters. The highest BCUT2D eigenvalue weighted by Crippen LogP contribution is 2.32. The van der Waals surface area contributed by atoms with Gasteiger partial charge in [-0.1, -0.05) is 5.10 Å². The van der Waals surface area contributed by atoms with E-state index >= 15 is 0 Å². The molecular weight excluding hydrogens is 469 g/mol. The van der Waals surface area contributed by atoms with Crippen LogP contribution in [0.2, 0.25) is 0 Å². The lowest BCUT2D eigenvalue weighted by atomic mass is 10.00. The average Bonchev–Trinajstić information content (AvgIpc) is 3.19. The summed E-state index contributed by atoms with van der Waals surface area (Å²) in [6.45, 7) is -1.02. The van der Waals surface area contributed by atoms with E-state index in [9.17, 15) is 35.5 Å². The number of nitrogens with one attached hydrogen (secondary N) is 2. The van der Waals surface area contributed by atoms with Crippen molar-refractivity contribution in [2.75, 3.05) is 19.8 Å². The van der Waals surface area contributed by atoms with E-state index in [2.05, 4.69) is 25.6 Å². The van der Waals surface area contributed by atoms with E-state index in [1.54, 1.807) is 0 Å². The molecule has 1 aromatic heterocycles. The maximum Gasteiger partial charge on any atom is 0.522 e. The molecule has 2 atom stereocenters. The van der Waals surface area contributed by atoms with Crippen LogP contribution in [-0.2, 0) is 10.9 Å². The van der Waals surface area contributed by atoms with Crippen LogP contribution in [0.15, 0.2) is 22.6 Å². The number of carbonyl (C=O) groups is 1. The fraction of sp³-hybridized carbons (Fsp3) is 0.500. The molecule has 1 aromatic carbocycles. The van der Waals surface area contributed by atoms with Gasteiger partial charge in [-0.3, -0.25) is 9.53 Å². The van der Waals surface area contributed by atoms with Gasteiger partial charge in [-0.25, -0.2) is 4.39 Å². The fourth-order valence-corrected chi connectivity index (χ4v) is 3.05. The van der Waals surface area contributed by atoms with E-state index < -0.39 is 55.1 Å². The van der Waals surface area contributed by atoms with Gasteiger partial charge in [0.1, 0.15) is 12.4 Å². The van der Waals surface area contributed by atoms with Crippen molar-refractivity contribution >= 4 is 5.91 Å². The third-order valence-corrected chi connectivity index (χ3v) is 4.58. The molecule has 1 amide bonds. The molecule has 2 N–H and O–H groups in total. The first kappa shape index (κ1) is 24.7. The summed E-state index contributed by atoms with van der Waals surface area (Å²) in [5.41, 5.74) is -1.87. The zero-order chi connectivity index (χ0) is 24.2. The minimum atomic E-state index is -4.93. The fourth-order valence-electron chi connectivity index (χ4n) is 3.05. The Morgan fingerprint density at radius 1 is 1.15 bits per heavy atom. The zero-order valence-corrected chi connectivity index (χ0v) is 16.6. The van der Waals surface area contributed by atoms with Gasteiger partial charge < -0.3 is 19.8 Å². The van der Waals surface area contributed by atoms with Crippen LogP contribution in [0, 0.1) is 5.82 Å². The molecular formula is C18H17F7N4O4. The Hall–Kier alpha value is -2.94. The lowest BCUT2D eigenvalue weighted by Crippen LogP contribution is -2.46. The Morgan fingerprint density at radius 2 is 1.91 bits per heavy atom. The van der Waals surface area contributed by atoms with Gasteiger partial charge in [-0.15, -0.1) is 18.3 Å². The Kier molecular flexibility index (Phi) is 7.41. The van der Waals surface area contributed by atoms with Gasteiger partial charge in [0.15, 0.2) is 0 Å². The van der Waals surface area contributed by atoms with Crippen molar-refractivity contribution in [2.24, 2.45) is 0 Å². The number of piperidine rings is 1. The summed E-state index contributed by atoms with van der Waals surface area (Å²) in [6, 6.07) is 1.11. The van der Waals surface area contributed by atoms with E-state index in [0.29, 0.717) is 25.0 Å². The van der Waals surface area contributed by atoms with Crippen molar-refractivity contribution in [3.8, 4) is 6.08 Å². The van der Waals surface area contributed by atoms with Gasteiger partial charge in [0.2, 0.25) is 5.89 Å². The van der Waals surface area contributed by atoms with Crippen molar-refractivity contribution < 1.29 is 49.4 Å². The molecule has 8 nitrogen and oxygen atoms in total. The molecule has 3 rings (SSSR count). The highest BCUT2D eigenvalue weighted by Gasteiger charge is 2.35. The second-order valence-corrected chi connectivity index (χ2v) is 6.95. The maximum atomic E-state index is 13.4. The molecule has 0 spiro atoms. The number of carbonyl (C=O) groups excluding carboxylic acids is 1. The zero-order valence-electron chi connectivity index (χ0n) is 16.6. The number of amides is 1. The summed E-state index contributed by atoms with van der Waals surface area (Å²) >= 11 is 0. The van der Waals surface area contributed by atoms with Crippen LogP contribution in [0.25, 0.3) is 0 Å². The highest BCUT2D eigenvalue weighted by atomic mass is 19.4. The molecule has 1 aliphatic heterocycles. The molecule has 2 aromatic rings. The number of hydrogen-bond acceptors (Lipinski definition) is 7. The number of benzene rings is 1. The number of alkyl halides is 6. The molecule has 0 aliphatic carbocycles. The van der Waals surface area contributed by atoms with Crippen LogP contribution < -0.4 is 15.4 Å². The van der Waals surface area contributed by atoms with E-state index in [-0.39, 0.29) is 24.1 Å². The number of rotatable bonds is 7. The SMILES string of the molecule is O=C(N[C@H]1CC[C@H](c2nnc(OCCOC(F)(F)F)o2)NC1)c1ccc(F)c(C(F)(F)F)c1. The summed E-state index contributed by atoms with van der Waals surface area (Å²) in [7, 11) is 0. The Labute approximate surface area is 181 Å². The van der Waals surface area contributed by atoms with Crippen LogP contribution >= 0.6 is 0 Å². The number of nitrogens with zero attached hydrogens (tertiary/aromatic N) is 2. The van der Waals surface area contributed by atoms with E-state index in [1.807, 2.05) is 0 Å². The first-order chi connectivity index (χ1) is 15.4. The molecule has 1 aliphatic rings. The summed E-state index contributed by atoms with van der Waals surface area (Å²) in [5.74, 6) is -2.16. The van der Waals surface area contributed by atoms with Gasteiger partial charge >= 0.3 is 18.6 Å². The molecule has 182 valence electrons. The minimum absolute atomic E-state index is 0.111. The van der Waals surface area contributed by atoms with Crippen LogP contribution in [0.3, 0.4) is 0 Å². The van der Waals surface area contributed by atoms with E-state index in [0.717, 1.165) is 6.07 Å². The van der Waals surface area contributed by atoms with Crippen molar-refractivity contribution in [3.05, 3.63) is 41.0 Å². The summed E-state index contributed by atoms with van der Waals surface area (Å²) in [5, 5.41) is 12.9. The molecule has 33 heavy (non-hydrogen) atoms. The highest BCUT2D eigenvalue weighted by molar-refractivity contribution is 5.94. The first-order valence-electron chi connectivity index (χ1n) is 9.50. The Morgan fingerprint density at radius 3 is 2.55 bits per heavy atom. The van der Waals surface area contributed by atoms with Gasteiger partial charge in [0.05, 0.1) is 18.2 Å². The van der Waals surface area contributed by atoms with Crippen molar-refractivity contribution in [1.29, 1.82) is 0 Å². The molecule has 2 heterocycles. The van der Waals surface area contributed by atoms with Crippen LogP contribution in [0.5, 0.6) is 6.08 Å². The monoisotopic (exact) mass is 486 g/mol. The topological polar surface area (TPSA) is 98.5 Å². The van der Waals surface area contributed by atoms with Gasteiger partial charge in [-0.2, -0.15) is 13.2 Å². The Bertz CT molecular complexity index is 956. The van der Waals surface area contributed by atoms with Gasteiger partial charge in [0.25, 0.3) is 5.91 Å². The smallest absolute Gasteiger partial charge is 0.447 e. The predicted molar refractivity (Wildman–Crippen MR) is 94.4 cm³/mol. The van der Waals surface area contributed by atoms with E-state index in [1.165, 1.54) is 0 Å². The summed E-state index contributed by atoms with van der Waals surface area (Å²) < 4.78 is 101. The molecule has 1 saturated heterocycles. The van der Waals surface area contributed by atoms with Gasteiger partial charge in [-0.05, 0) is 31.0 Å². The molecule has 0 bridgehead atoms. The quantitative estimate of drug-likeness (QED) is 0.458. The van der Waals surface area contributed by atoms with Gasteiger partial charge in [0, 0.05) is 18.2 Å². The second kappa shape index (κ2) is 9.91. The second-order valence-electron chi connectivity index (χ2n) is 6.95. The number of hydrogen-bond donors (Lipinski definition) is 2. The average molecular weight is 486 g/mol. The first-order valence-corrected chi connectivity index (χ1v) is 9.50. The predicted octanol–water partition coefficient (Wildman–Crippen LogP) is 3.37. The number of aromatic nitrogens is 2. The van der Waals surface area contributed by atoms with Crippen LogP contribution in [0.4, 0.5) is 30.7 Å². The lowest BCUT2D eigenvalue weighted by molar-refractivity contribution is -0.325. The van der Waals surface area contributed by atoms with Crippen LogP contribution in [0.1, 0.15) is 40.7 Å². The van der Waals surface area contributed by atoms with E-state index in [4.69, 9.17) is 9.15 Å². The largest absolute Gasteiger partial charge is 0.522 e. The minimum Gasteiger partial charge on any atom is -0.447 e. The van der Waals surface area contributed by atoms with Crippen LogP contribution in [-0.4, -0.2) is 48.3 Å². The Balaban J connectivity index is 1.48. The lowest BCUT2D eigenvalue weighted by Gasteiger charge is -2.28. The number of ether oxygens (including phenoxy) is 2. The molecule has 1 fully saturated rings. The van der Waals surface area contributed by atoms with Crippen molar-refractivity contribution in [2.45, 2.75) is 37.5 Å². The normalized spacial score (nSPS) is 19.4. The third-order valence-electron chi connectivity index (χ3n) is 4.58. The number of halogens is 7. The molecule has 0 saturated carbocycles. The summed E-state index contributed by atoms with van der Waals surface area (Å²) in [6.07, 6.45) is -9.27. The standard InChI is InChI=1S/C18H17F7N4O4/c19-12-3-1-9(7-11(12)17(20,21)22)14(30)27-10-2-4-13(26-8-10)15-28-29-16(33-15)31-5-6-32-18(23,24)25/h1,3,7,10,13,26H,2,4-6,8H2,(H,27,30)/t10-,13+/m0/s1. The third kappa shape index (κ3) is 7.02. The molecule has 15 heteroatoms. The molecule has 0 radical (unpaired) electrons. The summed E-state index contributed by atoms with van der Waals surface area (Å²) in [4.78, 5) is 12.3. The van der Waals surface area contributed by atoms with Crippen molar-refractivity contribution in [1.82, 2.24) is 20.8 Å².